The number of nitrogens with one attached hydrogen (secondary N) is 1. The average Bonchev–Trinajstić information content (AvgIpc) is 2.70. The predicted molar refractivity (Wildman–Crippen MR) is 81.2 cm³/mol. The minimum absolute atomic E-state index is 0.343. The molecular weight excluding hydrogens is 308 g/mol. The Bertz CT molecular complexity index is 516. The van der Waals surface area contributed by atoms with Crippen molar-refractivity contribution in [3.63, 3.8) is 0 Å². The predicted octanol–water partition coefficient (Wildman–Crippen LogP) is 4.03. The van der Waals surface area contributed by atoms with Gasteiger partial charge in [-0.1, -0.05) is 0 Å². The van der Waals surface area contributed by atoms with Gasteiger partial charge in [0.25, 0.3) is 0 Å². The molecule has 4 heteroatoms. The van der Waals surface area contributed by atoms with Crippen molar-refractivity contribution in [2.75, 3.05) is 7.05 Å². The third-order valence-electron chi connectivity index (χ3n) is 2.89. The Labute approximate surface area is 121 Å². The summed E-state index contributed by atoms with van der Waals surface area (Å²) in [5, 5.41) is 3.39. The molecule has 0 fully saturated rings. The van der Waals surface area contributed by atoms with Crippen molar-refractivity contribution in [2.24, 2.45) is 0 Å². The Hall–Kier alpha value is -0.710. The molecule has 2 aromatic heterocycles. The number of hydrogen-bond donors (Lipinski definition) is 1. The monoisotopic (exact) mass is 324 g/mol. The summed E-state index contributed by atoms with van der Waals surface area (Å²) < 4.78 is 1.19. The second-order valence-electron chi connectivity index (χ2n) is 4.43. The molecule has 2 aromatic rings. The van der Waals surface area contributed by atoms with Gasteiger partial charge in [0.2, 0.25) is 0 Å². The van der Waals surface area contributed by atoms with Gasteiger partial charge >= 0.3 is 0 Å². The lowest BCUT2D eigenvalue weighted by atomic mass is 10.0. The smallest absolute Gasteiger partial charge is 0.0701 e. The molecule has 0 amide bonds. The van der Waals surface area contributed by atoms with Crippen molar-refractivity contribution in [2.45, 2.75) is 26.3 Å². The number of nitrogens with zero attached hydrogens (tertiary/aromatic N) is 1. The van der Waals surface area contributed by atoms with Gasteiger partial charge < -0.3 is 5.32 Å². The summed E-state index contributed by atoms with van der Waals surface area (Å²) in [4.78, 5) is 5.81. The van der Waals surface area contributed by atoms with Crippen LogP contribution in [0.2, 0.25) is 0 Å². The minimum Gasteiger partial charge on any atom is -0.313 e. The standard InChI is InChI=1S/C14H17BrN2S/c1-9-6-11(7-10(2)17-9)13(16-3)8-12-4-5-14(15)18-12/h4-7,13,16H,8H2,1-3H3. The molecular formula is C14H17BrN2S. The van der Waals surface area contributed by atoms with E-state index in [0.717, 1.165) is 17.8 Å². The van der Waals surface area contributed by atoms with E-state index in [2.05, 4.69) is 50.5 Å². The van der Waals surface area contributed by atoms with E-state index in [1.807, 2.05) is 20.9 Å². The summed E-state index contributed by atoms with van der Waals surface area (Å²) in [7, 11) is 2.01. The minimum atomic E-state index is 0.343. The van der Waals surface area contributed by atoms with Crippen LogP contribution in [0.15, 0.2) is 28.1 Å². The van der Waals surface area contributed by atoms with Crippen molar-refractivity contribution in [3.8, 4) is 0 Å². The maximum Gasteiger partial charge on any atom is 0.0701 e. The van der Waals surface area contributed by atoms with Crippen LogP contribution in [0.5, 0.6) is 0 Å². The molecule has 0 saturated carbocycles. The SMILES string of the molecule is CNC(Cc1ccc(Br)s1)c1cc(C)nc(C)c1. The van der Waals surface area contributed by atoms with Crippen molar-refractivity contribution in [1.82, 2.24) is 10.3 Å². The van der Waals surface area contributed by atoms with Gasteiger partial charge in [0.05, 0.1) is 3.79 Å². The highest BCUT2D eigenvalue weighted by molar-refractivity contribution is 9.11. The van der Waals surface area contributed by atoms with E-state index in [0.29, 0.717) is 6.04 Å². The van der Waals surface area contributed by atoms with Crippen molar-refractivity contribution in [3.05, 3.63) is 49.9 Å². The van der Waals surface area contributed by atoms with Crippen LogP contribution in [0.1, 0.15) is 27.9 Å². The first-order chi connectivity index (χ1) is 8.58. The first-order valence-corrected chi connectivity index (χ1v) is 7.56. The Morgan fingerprint density at radius 3 is 2.44 bits per heavy atom. The highest BCUT2D eigenvalue weighted by Crippen LogP contribution is 2.27. The zero-order valence-electron chi connectivity index (χ0n) is 10.8. The topological polar surface area (TPSA) is 24.9 Å². The summed E-state index contributed by atoms with van der Waals surface area (Å²) in [6, 6.07) is 8.96. The molecule has 1 N–H and O–H groups in total. The molecule has 1 atom stereocenters. The highest BCUT2D eigenvalue weighted by Gasteiger charge is 2.12. The molecule has 0 aliphatic heterocycles. The molecule has 0 spiro atoms. The van der Waals surface area contributed by atoms with Crippen LogP contribution in [0.25, 0.3) is 0 Å². The van der Waals surface area contributed by atoms with Crippen LogP contribution >= 0.6 is 27.3 Å². The lowest BCUT2D eigenvalue weighted by Crippen LogP contribution is -2.19. The van der Waals surface area contributed by atoms with Gasteiger partial charge in [0.15, 0.2) is 0 Å². The fourth-order valence-electron chi connectivity index (χ4n) is 2.12. The number of rotatable bonds is 4. The van der Waals surface area contributed by atoms with Crippen molar-refractivity contribution >= 4 is 27.3 Å². The normalized spacial score (nSPS) is 12.7. The second kappa shape index (κ2) is 5.95. The van der Waals surface area contributed by atoms with E-state index < -0.39 is 0 Å². The summed E-state index contributed by atoms with van der Waals surface area (Å²) in [5.74, 6) is 0. The van der Waals surface area contributed by atoms with Crippen LogP contribution in [-0.4, -0.2) is 12.0 Å². The molecule has 0 saturated heterocycles. The Morgan fingerprint density at radius 2 is 1.94 bits per heavy atom. The Morgan fingerprint density at radius 1 is 1.28 bits per heavy atom. The van der Waals surface area contributed by atoms with Crippen LogP contribution in [0.3, 0.4) is 0 Å². The highest BCUT2D eigenvalue weighted by atomic mass is 79.9. The third kappa shape index (κ3) is 3.40. The van der Waals surface area contributed by atoms with Gasteiger partial charge in [-0.05, 0) is 66.7 Å². The van der Waals surface area contributed by atoms with Gasteiger partial charge in [-0.2, -0.15) is 0 Å². The molecule has 0 radical (unpaired) electrons. The molecule has 0 aliphatic rings. The van der Waals surface area contributed by atoms with Gasteiger partial charge in [-0.25, -0.2) is 0 Å². The number of hydrogen-bond acceptors (Lipinski definition) is 3. The number of likely N-dealkylation sites (N-methyl/N-ethyl adjacent to an activating group) is 1. The summed E-state index contributed by atoms with van der Waals surface area (Å²) in [6.45, 7) is 4.09. The van der Waals surface area contributed by atoms with Crippen LogP contribution in [0.4, 0.5) is 0 Å². The fraction of sp³-hybridized carbons (Fsp3) is 0.357. The molecule has 0 bridgehead atoms. The zero-order valence-corrected chi connectivity index (χ0v) is 13.2. The van der Waals surface area contributed by atoms with Gasteiger partial charge in [-0.15, -0.1) is 11.3 Å². The molecule has 2 heterocycles. The van der Waals surface area contributed by atoms with E-state index in [4.69, 9.17) is 0 Å². The van der Waals surface area contributed by atoms with E-state index in [1.54, 1.807) is 11.3 Å². The van der Waals surface area contributed by atoms with Crippen molar-refractivity contribution < 1.29 is 0 Å². The van der Waals surface area contributed by atoms with Gasteiger partial charge in [0, 0.05) is 28.7 Å². The second-order valence-corrected chi connectivity index (χ2v) is 6.98. The number of halogens is 1. The summed E-state index contributed by atoms with van der Waals surface area (Å²) in [6.07, 6.45) is 1.01. The third-order valence-corrected chi connectivity index (χ3v) is 4.53. The lowest BCUT2D eigenvalue weighted by Gasteiger charge is -2.16. The maximum absolute atomic E-state index is 4.43. The fourth-order valence-corrected chi connectivity index (χ4v) is 3.65. The summed E-state index contributed by atoms with van der Waals surface area (Å²) >= 11 is 5.31. The van der Waals surface area contributed by atoms with Gasteiger partial charge in [0.1, 0.15) is 0 Å². The molecule has 18 heavy (non-hydrogen) atoms. The molecule has 1 unspecified atom stereocenters. The lowest BCUT2D eigenvalue weighted by molar-refractivity contribution is 0.594. The van der Waals surface area contributed by atoms with E-state index >= 15 is 0 Å². The first kappa shape index (κ1) is 13.7. The zero-order chi connectivity index (χ0) is 13.1. The van der Waals surface area contributed by atoms with Crippen molar-refractivity contribution in [1.29, 1.82) is 0 Å². The van der Waals surface area contributed by atoms with E-state index in [1.165, 1.54) is 14.2 Å². The van der Waals surface area contributed by atoms with Crippen LogP contribution < -0.4 is 5.32 Å². The Kier molecular flexibility index (Phi) is 4.54. The number of pyridine rings is 1. The molecule has 0 aromatic carbocycles. The largest absolute Gasteiger partial charge is 0.313 e. The molecule has 0 aliphatic carbocycles. The summed E-state index contributed by atoms with van der Waals surface area (Å²) in [5.41, 5.74) is 3.47. The maximum atomic E-state index is 4.43. The van der Waals surface area contributed by atoms with Crippen LogP contribution in [-0.2, 0) is 6.42 Å². The quantitative estimate of drug-likeness (QED) is 0.918. The van der Waals surface area contributed by atoms with E-state index in [-0.39, 0.29) is 0 Å². The van der Waals surface area contributed by atoms with E-state index in [9.17, 15) is 0 Å². The van der Waals surface area contributed by atoms with Crippen LogP contribution in [0, 0.1) is 13.8 Å². The first-order valence-electron chi connectivity index (χ1n) is 5.95. The number of aromatic nitrogens is 1. The molecule has 2 nitrogen and oxygen atoms in total. The number of aryl methyl sites for hydroxylation is 2. The van der Waals surface area contributed by atoms with Gasteiger partial charge in [-0.3, -0.25) is 4.98 Å². The Balaban J connectivity index is 2.22. The number of thiophene rings is 1. The molecule has 2 rings (SSSR count). The average molecular weight is 325 g/mol. The molecule has 96 valence electrons.